The van der Waals surface area contributed by atoms with Gasteiger partial charge in [0.2, 0.25) is 0 Å². The summed E-state index contributed by atoms with van der Waals surface area (Å²) in [7, 11) is 0. The maximum Gasteiger partial charge on any atom is 0.319 e. The Morgan fingerprint density at radius 2 is 1.94 bits per heavy atom. The van der Waals surface area contributed by atoms with Gasteiger partial charge in [0.1, 0.15) is 47.3 Å². The van der Waals surface area contributed by atoms with Crippen LogP contribution >= 0.6 is 0 Å². The van der Waals surface area contributed by atoms with Crippen LogP contribution in [-0.4, -0.2) is 104 Å². The van der Waals surface area contributed by atoms with Crippen LogP contribution in [0.4, 0.5) is 19.0 Å². The average molecular weight is 741 g/mol. The number of hydrogen-bond acceptors (Lipinski definition) is 10. The molecule has 280 valence electrons. The molecule has 7 heterocycles. The largest absolute Gasteiger partial charge is 0.508 e. The molecule has 0 spiro atoms. The number of halogens is 3. The lowest BCUT2D eigenvalue weighted by molar-refractivity contribution is -0.197. The number of nitrogens with zero attached hydrogens (tertiary/aromatic N) is 6. The number of amides is 1. The molecular weight excluding hydrogens is 701 g/mol. The smallest absolute Gasteiger partial charge is 0.319 e. The number of ether oxygens (including phenoxy) is 2. The lowest BCUT2D eigenvalue weighted by Gasteiger charge is -2.45. The molecule has 2 aromatic carbocycles. The number of phenols is 1. The fourth-order valence-corrected chi connectivity index (χ4v) is 9.65. The van der Waals surface area contributed by atoms with Gasteiger partial charge < -0.3 is 24.4 Å². The topological polar surface area (TPSA) is 121 Å². The number of fused-ring (bicyclic) bond motifs is 5. The lowest BCUT2D eigenvalue weighted by Crippen LogP contribution is -2.63. The van der Waals surface area contributed by atoms with Gasteiger partial charge in [0.05, 0.1) is 16.5 Å². The molecule has 0 saturated carbocycles. The number of cyclic esters (lactones) is 1. The molecule has 5 saturated heterocycles. The maximum atomic E-state index is 17.1. The van der Waals surface area contributed by atoms with Crippen LogP contribution < -0.4 is 9.64 Å². The highest BCUT2D eigenvalue weighted by molar-refractivity contribution is 6.03. The van der Waals surface area contributed by atoms with Gasteiger partial charge in [-0.15, -0.1) is 6.42 Å². The molecule has 14 heteroatoms. The average Bonchev–Trinajstić information content (AvgIpc) is 3.75. The predicted octanol–water partition coefficient (Wildman–Crippen LogP) is 5.14. The summed E-state index contributed by atoms with van der Waals surface area (Å²) in [4.78, 5) is 45.8. The number of aromatic hydroxyl groups is 1. The summed E-state index contributed by atoms with van der Waals surface area (Å²) in [6.45, 7) is 5.75. The first-order valence-electron chi connectivity index (χ1n) is 18.5. The molecular formula is C40H39F3N6O5. The summed E-state index contributed by atoms with van der Waals surface area (Å²) in [6.07, 6.45) is 8.80. The molecule has 1 N–H and O–H groups in total. The van der Waals surface area contributed by atoms with E-state index in [4.69, 9.17) is 20.9 Å². The van der Waals surface area contributed by atoms with Crippen LogP contribution in [0, 0.1) is 35.8 Å². The minimum atomic E-state index is -0.975. The van der Waals surface area contributed by atoms with Crippen molar-refractivity contribution in [1.82, 2.24) is 24.8 Å². The number of alkyl halides is 1. The first kappa shape index (κ1) is 34.6. The fourth-order valence-electron chi connectivity index (χ4n) is 9.65. The molecule has 2 unspecified atom stereocenters. The van der Waals surface area contributed by atoms with Gasteiger partial charge in [0, 0.05) is 55.3 Å². The van der Waals surface area contributed by atoms with Crippen molar-refractivity contribution in [3.63, 3.8) is 0 Å². The van der Waals surface area contributed by atoms with E-state index in [0.29, 0.717) is 37.3 Å². The third kappa shape index (κ3) is 5.33. The van der Waals surface area contributed by atoms with Crippen LogP contribution in [0.15, 0.2) is 30.5 Å². The van der Waals surface area contributed by atoms with E-state index < -0.39 is 35.4 Å². The Morgan fingerprint density at radius 3 is 2.67 bits per heavy atom. The summed E-state index contributed by atoms with van der Waals surface area (Å²) in [5, 5.41) is 11.5. The van der Waals surface area contributed by atoms with Gasteiger partial charge in [-0.3, -0.25) is 19.5 Å². The highest BCUT2D eigenvalue weighted by Crippen LogP contribution is 2.43. The Morgan fingerprint density at radius 1 is 1.17 bits per heavy atom. The predicted molar refractivity (Wildman–Crippen MR) is 192 cm³/mol. The summed E-state index contributed by atoms with van der Waals surface area (Å²) < 4.78 is 58.3. The zero-order valence-electron chi connectivity index (χ0n) is 29.9. The number of carbonyl (C=O) groups is 2. The second-order valence-electron chi connectivity index (χ2n) is 15.7. The number of terminal acetylenes is 1. The quantitative estimate of drug-likeness (QED) is 0.202. The molecule has 4 aromatic rings. The van der Waals surface area contributed by atoms with Gasteiger partial charge in [0.25, 0.3) is 5.91 Å². The number of anilines is 1. The van der Waals surface area contributed by atoms with Gasteiger partial charge >= 0.3 is 12.0 Å². The van der Waals surface area contributed by atoms with E-state index >= 15 is 4.39 Å². The minimum absolute atomic E-state index is 0.0388. The highest BCUT2D eigenvalue weighted by Gasteiger charge is 2.54. The molecule has 2 bridgehead atoms. The van der Waals surface area contributed by atoms with Crippen LogP contribution in [0.1, 0.15) is 51.5 Å². The highest BCUT2D eigenvalue weighted by atomic mass is 19.1. The Kier molecular flexibility index (Phi) is 8.15. The van der Waals surface area contributed by atoms with Crippen LogP contribution in [0.25, 0.3) is 32.9 Å². The van der Waals surface area contributed by atoms with E-state index in [9.17, 15) is 23.5 Å². The molecule has 5 fully saturated rings. The van der Waals surface area contributed by atoms with Crippen molar-refractivity contribution in [3.05, 3.63) is 47.7 Å². The number of phenolic OH excluding ortho intramolecular Hbond substituents is 1. The molecule has 5 aliphatic rings. The van der Waals surface area contributed by atoms with Crippen LogP contribution in [0.5, 0.6) is 11.8 Å². The molecule has 0 aliphatic carbocycles. The van der Waals surface area contributed by atoms with Gasteiger partial charge in [-0.2, -0.15) is 9.97 Å². The number of hydrogen-bond donors (Lipinski definition) is 1. The second kappa shape index (κ2) is 12.7. The molecule has 0 radical (unpaired) electrons. The summed E-state index contributed by atoms with van der Waals surface area (Å²) in [5.41, 5.74) is -0.847. The first-order chi connectivity index (χ1) is 26.0. The SMILES string of the molecule is C#Cc1c(F)ccc2cc(O)cc(-c3ncc4c(N5CC6CCC(C5)N6C(=O)[C@H]5OC(=O)[C@@H]5C(C)C)nc(OC[C@@]56CCCN5C[C@H](F)C6)nc4c3F)c12. The Balaban J connectivity index is 1.12. The van der Waals surface area contributed by atoms with E-state index in [1.165, 1.54) is 30.5 Å². The van der Waals surface area contributed by atoms with Crippen molar-refractivity contribution < 1.29 is 37.3 Å². The van der Waals surface area contributed by atoms with Crippen molar-refractivity contribution in [1.29, 1.82) is 0 Å². The van der Waals surface area contributed by atoms with Crippen molar-refractivity contribution in [2.75, 3.05) is 37.7 Å². The number of aromatic nitrogens is 3. The third-order valence-corrected chi connectivity index (χ3v) is 12.2. The number of carbonyl (C=O) groups excluding carboxylic acids is 2. The zero-order chi connectivity index (χ0) is 37.6. The van der Waals surface area contributed by atoms with Crippen LogP contribution in [0.2, 0.25) is 0 Å². The van der Waals surface area contributed by atoms with Gasteiger partial charge in [-0.05, 0) is 61.7 Å². The second-order valence-corrected chi connectivity index (χ2v) is 15.7. The molecule has 6 atom stereocenters. The van der Waals surface area contributed by atoms with Crippen molar-refractivity contribution >= 4 is 39.4 Å². The Hall–Kier alpha value is -5.16. The molecule has 9 rings (SSSR count). The van der Waals surface area contributed by atoms with Gasteiger partial charge in [-0.25, -0.2) is 13.2 Å². The van der Waals surface area contributed by atoms with Crippen molar-refractivity contribution in [2.24, 2.45) is 11.8 Å². The zero-order valence-corrected chi connectivity index (χ0v) is 29.9. The third-order valence-electron chi connectivity index (χ3n) is 12.2. The molecule has 1 amide bonds. The number of piperazine rings is 1. The summed E-state index contributed by atoms with van der Waals surface area (Å²) >= 11 is 0. The maximum absolute atomic E-state index is 17.1. The van der Waals surface area contributed by atoms with Crippen molar-refractivity contribution in [3.8, 4) is 35.4 Å². The number of benzene rings is 2. The van der Waals surface area contributed by atoms with E-state index in [2.05, 4.69) is 20.8 Å². The normalized spacial score (nSPS) is 27.7. The number of esters is 1. The number of rotatable bonds is 7. The van der Waals surface area contributed by atoms with E-state index in [1.807, 2.05) is 23.6 Å². The molecule has 2 aromatic heterocycles. The minimum Gasteiger partial charge on any atom is -0.508 e. The number of pyridine rings is 1. The molecule has 5 aliphatic heterocycles. The van der Waals surface area contributed by atoms with Gasteiger partial charge in [-0.1, -0.05) is 25.8 Å². The Labute approximate surface area is 309 Å². The Bertz CT molecular complexity index is 2270. The standard InChI is InChI=1S/C40H39F3N6O5/c1-4-26-29(42)9-6-21-12-25(50)13-27(31(21)26)33-32(43)34-28(15-44-33)36(46-39(45-34)53-19-40-10-5-11-48(40)16-22(41)14-40)47-17-23-7-8-24(18-47)49(23)37(51)35-30(20(2)3)38(52)54-35/h1,6,9,12-13,15,20,22-24,30,35,50H,5,7-8,10-11,14,16-19H2,2-3H3/t22-,23?,24?,30-,35+,40+/m1/s1. The van der Waals surface area contributed by atoms with Gasteiger partial charge in [0.15, 0.2) is 11.9 Å². The van der Waals surface area contributed by atoms with E-state index in [1.54, 1.807) is 0 Å². The summed E-state index contributed by atoms with van der Waals surface area (Å²) in [6, 6.07) is 4.83. The lowest BCUT2D eigenvalue weighted by atomic mass is 9.85. The fraction of sp³-hybridized carbons (Fsp3) is 0.475. The summed E-state index contributed by atoms with van der Waals surface area (Å²) in [5.74, 6) is -0.0805. The van der Waals surface area contributed by atoms with Crippen LogP contribution in [0.3, 0.4) is 0 Å². The van der Waals surface area contributed by atoms with Crippen molar-refractivity contribution in [2.45, 2.75) is 75.8 Å². The first-order valence-corrected chi connectivity index (χ1v) is 18.5. The van der Waals surface area contributed by atoms with E-state index in [0.717, 1.165) is 32.2 Å². The molecule has 11 nitrogen and oxygen atoms in total. The van der Waals surface area contributed by atoms with E-state index in [-0.39, 0.29) is 81.4 Å². The molecule has 54 heavy (non-hydrogen) atoms. The van der Waals surface area contributed by atoms with Crippen LogP contribution in [-0.2, 0) is 14.3 Å². The monoisotopic (exact) mass is 740 g/mol.